The Morgan fingerprint density at radius 3 is 2.61 bits per heavy atom. The number of halogens is 3. The number of carbonyl (C=O) groups excluding carboxylic acids is 1. The van der Waals surface area contributed by atoms with Crippen molar-refractivity contribution in [3.05, 3.63) is 29.8 Å². The lowest BCUT2D eigenvalue weighted by Crippen LogP contribution is -2.56. The van der Waals surface area contributed by atoms with Crippen molar-refractivity contribution in [1.29, 1.82) is 0 Å². The number of hydrogen-bond acceptors (Lipinski definition) is 4. The molecule has 23 heavy (non-hydrogen) atoms. The van der Waals surface area contributed by atoms with Crippen LogP contribution in [0.25, 0.3) is 0 Å². The van der Waals surface area contributed by atoms with Crippen LogP contribution in [-0.2, 0) is 16.1 Å². The molecule has 5 nitrogen and oxygen atoms in total. The zero-order chi connectivity index (χ0) is 16.9. The second-order valence-electron chi connectivity index (χ2n) is 5.46. The Hall–Kier alpha value is -1.80. The van der Waals surface area contributed by atoms with Crippen LogP contribution in [0.4, 0.5) is 13.2 Å². The zero-order valence-electron chi connectivity index (χ0n) is 12.5. The third-order valence-electron chi connectivity index (χ3n) is 3.64. The highest BCUT2D eigenvalue weighted by atomic mass is 19.4. The SMILES string of the molecule is NC1(C(=O)NCc2ccccc2OCC(F)(F)F)CCOCC1. The van der Waals surface area contributed by atoms with Gasteiger partial charge in [0.05, 0.1) is 5.54 Å². The fraction of sp³-hybridized carbons (Fsp3) is 0.533. The topological polar surface area (TPSA) is 73.6 Å². The van der Waals surface area contributed by atoms with E-state index in [9.17, 15) is 18.0 Å². The Morgan fingerprint density at radius 1 is 1.30 bits per heavy atom. The Morgan fingerprint density at radius 2 is 1.96 bits per heavy atom. The van der Waals surface area contributed by atoms with Crippen molar-refractivity contribution in [3.8, 4) is 5.75 Å². The van der Waals surface area contributed by atoms with Crippen LogP contribution in [0.1, 0.15) is 18.4 Å². The molecule has 0 atom stereocenters. The lowest BCUT2D eigenvalue weighted by molar-refractivity contribution is -0.153. The molecule has 0 spiro atoms. The predicted octanol–water partition coefficient (Wildman–Crippen LogP) is 1.75. The first-order valence-corrected chi connectivity index (χ1v) is 7.23. The Balaban J connectivity index is 1.96. The number of para-hydroxylation sites is 1. The molecule has 1 fully saturated rings. The number of carbonyl (C=O) groups is 1. The number of alkyl halides is 3. The van der Waals surface area contributed by atoms with Crippen molar-refractivity contribution in [2.75, 3.05) is 19.8 Å². The summed E-state index contributed by atoms with van der Waals surface area (Å²) in [5, 5.41) is 2.67. The van der Waals surface area contributed by atoms with Crippen molar-refractivity contribution < 1.29 is 27.4 Å². The standard InChI is InChI=1S/C15H19F3N2O3/c16-15(17,18)10-23-12-4-2-1-3-11(12)9-20-13(21)14(19)5-7-22-8-6-14/h1-4H,5-10,19H2,(H,20,21). The maximum absolute atomic E-state index is 12.3. The van der Waals surface area contributed by atoms with Crippen LogP contribution in [0.15, 0.2) is 24.3 Å². The minimum absolute atomic E-state index is 0.0483. The summed E-state index contributed by atoms with van der Waals surface area (Å²) in [5.74, 6) is -0.255. The monoisotopic (exact) mass is 332 g/mol. The van der Waals surface area contributed by atoms with E-state index in [1.807, 2.05) is 0 Å². The first-order chi connectivity index (χ1) is 10.8. The number of nitrogens with two attached hydrogens (primary N) is 1. The fourth-order valence-corrected chi connectivity index (χ4v) is 2.26. The van der Waals surface area contributed by atoms with Gasteiger partial charge in [0.1, 0.15) is 5.75 Å². The molecule has 0 bridgehead atoms. The second-order valence-corrected chi connectivity index (χ2v) is 5.46. The molecule has 2 rings (SSSR count). The van der Waals surface area contributed by atoms with Crippen LogP contribution >= 0.6 is 0 Å². The lowest BCUT2D eigenvalue weighted by Gasteiger charge is -2.31. The van der Waals surface area contributed by atoms with Gasteiger partial charge in [-0.25, -0.2) is 0 Å². The van der Waals surface area contributed by atoms with Gasteiger partial charge in [-0.3, -0.25) is 4.79 Å². The summed E-state index contributed by atoms with van der Waals surface area (Å²) < 4.78 is 46.7. The second kappa shape index (κ2) is 7.18. The molecular weight excluding hydrogens is 313 g/mol. The van der Waals surface area contributed by atoms with E-state index in [1.54, 1.807) is 18.2 Å². The van der Waals surface area contributed by atoms with E-state index in [2.05, 4.69) is 5.32 Å². The van der Waals surface area contributed by atoms with Crippen molar-refractivity contribution in [2.45, 2.75) is 31.1 Å². The number of amides is 1. The molecular formula is C15H19F3N2O3. The van der Waals surface area contributed by atoms with E-state index in [0.717, 1.165) is 0 Å². The van der Waals surface area contributed by atoms with Gasteiger partial charge in [-0.15, -0.1) is 0 Å². The summed E-state index contributed by atoms with van der Waals surface area (Å²) in [6.07, 6.45) is -3.60. The molecule has 1 saturated heterocycles. The van der Waals surface area contributed by atoms with E-state index < -0.39 is 18.3 Å². The van der Waals surface area contributed by atoms with Gasteiger partial charge in [-0.05, 0) is 18.9 Å². The fourth-order valence-electron chi connectivity index (χ4n) is 2.26. The van der Waals surface area contributed by atoms with E-state index >= 15 is 0 Å². The molecule has 0 saturated carbocycles. The minimum Gasteiger partial charge on any atom is -0.484 e. The molecule has 128 valence electrons. The van der Waals surface area contributed by atoms with Crippen LogP contribution in [-0.4, -0.2) is 37.4 Å². The van der Waals surface area contributed by atoms with Crippen LogP contribution in [0, 0.1) is 0 Å². The molecule has 1 aliphatic rings. The van der Waals surface area contributed by atoms with Crippen molar-refractivity contribution >= 4 is 5.91 Å². The van der Waals surface area contributed by atoms with Gasteiger partial charge in [-0.1, -0.05) is 18.2 Å². The quantitative estimate of drug-likeness (QED) is 0.862. The van der Waals surface area contributed by atoms with Crippen LogP contribution < -0.4 is 15.8 Å². The van der Waals surface area contributed by atoms with Crippen LogP contribution in [0.2, 0.25) is 0 Å². The maximum Gasteiger partial charge on any atom is 0.422 e. The third-order valence-corrected chi connectivity index (χ3v) is 3.64. The molecule has 1 aliphatic heterocycles. The van der Waals surface area contributed by atoms with Crippen molar-refractivity contribution in [3.63, 3.8) is 0 Å². The van der Waals surface area contributed by atoms with E-state index in [0.29, 0.717) is 31.6 Å². The van der Waals surface area contributed by atoms with Crippen molar-refractivity contribution in [1.82, 2.24) is 5.32 Å². The van der Waals surface area contributed by atoms with Gasteiger partial charge in [0.2, 0.25) is 5.91 Å². The van der Waals surface area contributed by atoms with E-state index in [4.69, 9.17) is 15.2 Å². The van der Waals surface area contributed by atoms with Gasteiger partial charge in [0, 0.05) is 25.3 Å². The number of nitrogens with one attached hydrogen (secondary N) is 1. The number of hydrogen-bond donors (Lipinski definition) is 2. The lowest BCUT2D eigenvalue weighted by atomic mass is 9.90. The average Bonchev–Trinajstić information content (AvgIpc) is 2.51. The first-order valence-electron chi connectivity index (χ1n) is 7.23. The Bertz CT molecular complexity index is 543. The molecule has 1 aromatic rings. The highest BCUT2D eigenvalue weighted by Crippen LogP contribution is 2.23. The maximum atomic E-state index is 12.3. The van der Waals surface area contributed by atoms with Crippen molar-refractivity contribution in [2.24, 2.45) is 5.73 Å². The highest BCUT2D eigenvalue weighted by molar-refractivity contribution is 5.86. The summed E-state index contributed by atoms with van der Waals surface area (Å²) in [6, 6.07) is 6.26. The van der Waals surface area contributed by atoms with Gasteiger partial charge < -0.3 is 20.5 Å². The smallest absolute Gasteiger partial charge is 0.422 e. The molecule has 0 aliphatic carbocycles. The minimum atomic E-state index is -4.42. The zero-order valence-corrected chi connectivity index (χ0v) is 12.5. The first kappa shape index (κ1) is 17.6. The summed E-state index contributed by atoms with van der Waals surface area (Å²) in [4.78, 5) is 12.2. The number of benzene rings is 1. The summed E-state index contributed by atoms with van der Waals surface area (Å²) in [7, 11) is 0. The molecule has 0 aromatic heterocycles. The average molecular weight is 332 g/mol. The number of rotatable bonds is 5. The third kappa shape index (κ3) is 5.11. The summed E-state index contributed by atoms with van der Waals surface area (Å²) >= 11 is 0. The normalized spacial score (nSPS) is 17.6. The van der Waals surface area contributed by atoms with Crippen LogP contribution in [0.3, 0.4) is 0 Å². The van der Waals surface area contributed by atoms with Gasteiger partial charge >= 0.3 is 6.18 Å². The highest BCUT2D eigenvalue weighted by Gasteiger charge is 2.35. The largest absolute Gasteiger partial charge is 0.484 e. The Labute approximate surface area is 131 Å². The molecule has 1 aromatic carbocycles. The van der Waals surface area contributed by atoms with Crippen LogP contribution in [0.5, 0.6) is 5.75 Å². The van der Waals surface area contributed by atoms with Gasteiger partial charge in [0.15, 0.2) is 6.61 Å². The molecule has 8 heteroatoms. The number of ether oxygens (including phenoxy) is 2. The molecule has 0 radical (unpaired) electrons. The van der Waals surface area contributed by atoms with E-state index in [1.165, 1.54) is 6.07 Å². The van der Waals surface area contributed by atoms with Gasteiger partial charge in [-0.2, -0.15) is 13.2 Å². The van der Waals surface area contributed by atoms with Gasteiger partial charge in [0.25, 0.3) is 0 Å². The Kier molecular flexibility index (Phi) is 5.48. The predicted molar refractivity (Wildman–Crippen MR) is 76.8 cm³/mol. The summed E-state index contributed by atoms with van der Waals surface area (Å²) in [6.45, 7) is -0.507. The molecule has 1 heterocycles. The van der Waals surface area contributed by atoms with E-state index in [-0.39, 0.29) is 18.2 Å². The summed E-state index contributed by atoms with van der Waals surface area (Å²) in [5.41, 5.74) is 5.51. The molecule has 3 N–H and O–H groups in total. The molecule has 1 amide bonds. The molecule has 0 unspecified atom stereocenters.